The van der Waals surface area contributed by atoms with Gasteiger partial charge in [0.1, 0.15) is 0 Å². The summed E-state index contributed by atoms with van der Waals surface area (Å²) in [5.41, 5.74) is 4.35. The Morgan fingerprint density at radius 1 is 1.10 bits per heavy atom. The van der Waals surface area contributed by atoms with Gasteiger partial charge in [0.25, 0.3) is 0 Å². The number of carbonyl (C=O) groups is 1. The molecule has 0 radical (unpaired) electrons. The molecule has 3 aromatic rings. The van der Waals surface area contributed by atoms with Crippen LogP contribution in [0.1, 0.15) is 12.1 Å². The molecule has 2 aromatic heterocycles. The number of hydrogen-bond donors (Lipinski definition) is 0. The third-order valence-electron chi connectivity index (χ3n) is 6.81. The molecule has 0 unspecified atom stereocenters. The first-order chi connectivity index (χ1) is 14.7. The number of morpholine rings is 1. The van der Waals surface area contributed by atoms with Crippen LogP contribution in [0.25, 0.3) is 22.2 Å². The van der Waals surface area contributed by atoms with Gasteiger partial charge in [-0.2, -0.15) is 5.10 Å². The molecule has 0 aliphatic carbocycles. The fourth-order valence-electron chi connectivity index (χ4n) is 5.05. The first kappa shape index (κ1) is 18.0. The smallest absolute Gasteiger partial charge is 0.236 e. The second-order valence-electron chi connectivity index (χ2n) is 8.72. The SMILES string of the molecule is O=C(CN1CCOCC1)N1CC2(CCn3nc(-c4cnc5ccccc5c4)cc32)C1. The van der Waals surface area contributed by atoms with Gasteiger partial charge in [-0.3, -0.25) is 19.4 Å². The lowest BCUT2D eigenvalue weighted by Gasteiger charge is -2.48. The summed E-state index contributed by atoms with van der Waals surface area (Å²) >= 11 is 0. The van der Waals surface area contributed by atoms with Crippen molar-refractivity contribution in [3.05, 3.63) is 48.3 Å². The number of rotatable bonds is 3. The number of amides is 1. The van der Waals surface area contributed by atoms with Crippen molar-refractivity contribution >= 4 is 16.8 Å². The first-order valence-electron chi connectivity index (χ1n) is 10.7. The Balaban J connectivity index is 1.19. The van der Waals surface area contributed by atoms with Crippen LogP contribution in [0.4, 0.5) is 0 Å². The number of carbonyl (C=O) groups excluding carboxylic acids is 1. The maximum atomic E-state index is 12.7. The molecule has 6 rings (SSSR count). The molecule has 7 heteroatoms. The van der Waals surface area contributed by atoms with Crippen LogP contribution in [-0.4, -0.2) is 76.4 Å². The highest BCUT2D eigenvalue weighted by molar-refractivity contribution is 5.83. The fraction of sp³-hybridized carbons (Fsp3) is 0.435. The van der Waals surface area contributed by atoms with Crippen molar-refractivity contribution < 1.29 is 9.53 Å². The first-order valence-corrected chi connectivity index (χ1v) is 10.7. The highest BCUT2D eigenvalue weighted by Gasteiger charge is 2.51. The molecule has 1 spiro atoms. The minimum Gasteiger partial charge on any atom is -0.379 e. The van der Waals surface area contributed by atoms with Crippen LogP contribution in [0.5, 0.6) is 0 Å². The predicted molar refractivity (Wildman–Crippen MR) is 113 cm³/mol. The van der Waals surface area contributed by atoms with E-state index in [-0.39, 0.29) is 11.3 Å². The maximum absolute atomic E-state index is 12.7. The van der Waals surface area contributed by atoms with Crippen LogP contribution in [0.15, 0.2) is 42.6 Å². The van der Waals surface area contributed by atoms with Crippen LogP contribution in [0, 0.1) is 0 Å². The van der Waals surface area contributed by atoms with Gasteiger partial charge in [-0.1, -0.05) is 18.2 Å². The Hall–Kier alpha value is -2.77. The van der Waals surface area contributed by atoms with Gasteiger partial charge in [0.05, 0.1) is 31.0 Å². The molecule has 1 amide bonds. The van der Waals surface area contributed by atoms with Crippen molar-refractivity contribution in [2.24, 2.45) is 0 Å². The summed E-state index contributed by atoms with van der Waals surface area (Å²) in [6.45, 7) is 6.18. The number of aryl methyl sites for hydroxylation is 1. The average molecular weight is 403 g/mol. The summed E-state index contributed by atoms with van der Waals surface area (Å²) in [5, 5.41) is 5.99. The average Bonchev–Trinajstić information content (AvgIpc) is 3.32. The molecule has 0 N–H and O–H groups in total. The molecule has 0 bridgehead atoms. The Morgan fingerprint density at radius 3 is 2.80 bits per heavy atom. The van der Waals surface area contributed by atoms with E-state index < -0.39 is 0 Å². The van der Waals surface area contributed by atoms with Crippen molar-refractivity contribution in [1.82, 2.24) is 24.6 Å². The summed E-state index contributed by atoms with van der Waals surface area (Å²) in [7, 11) is 0. The van der Waals surface area contributed by atoms with Gasteiger partial charge in [-0.05, 0) is 24.6 Å². The number of likely N-dealkylation sites (tertiary alicyclic amines) is 1. The molecule has 7 nitrogen and oxygen atoms in total. The van der Waals surface area contributed by atoms with Gasteiger partial charge in [-0.25, -0.2) is 0 Å². The fourth-order valence-corrected chi connectivity index (χ4v) is 5.05. The molecule has 0 atom stereocenters. The van der Waals surface area contributed by atoms with Crippen LogP contribution in [0.3, 0.4) is 0 Å². The lowest BCUT2D eigenvalue weighted by Crippen LogP contribution is -2.62. The Morgan fingerprint density at radius 2 is 1.93 bits per heavy atom. The lowest BCUT2D eigenvalue weighted by molar-refractivity contribution is -0.141. The topological polar surface area (TPSA) is 63.5 Å². The van der Waals surface area contributed by atoms with E-state index in [2.05, 4.69) is 32.8 Å². The Kier molecular flexibility index (Phi) is 4.14. The van der Waals surface area contributed by atoms with E-state index in [1.807, 2.05) is 29.3 Å². The zero-order valence-electron chi connectivity index (χ0n) is 17.0. The number of benzene rings is 1. The van der Waals surface area contributed by atoms with Crippen LogP contribution < -0.4 is 0 Å². The van der Waals surface area contributed by atoms with Gasteiger partial charge in [0.15, 0.2) is 0 Å². The van der Waals surface area contributed by atoms with Crippen LogP contribution in [0.2, 0.25) is 0 Å². The zero-order valence-corrected chi connectivity index (χ0v) is 17.0. The molecule has 5 heterocycles. The normalized spacial score (nSPS) is 20.5. The number of aromatic nitrogens is 3. The molecule has 3 aliphatic heterocycles. The third kappa shape index (κ3) is 2.92. The van der Waals surface area contributed by atoms with Crippen molar-refractivity contribution in [2.75, 3.05) is 45.9 Å². The largest absolute Gasteiger partial charge is 0.379 e. The molecular formula is C23H25N5O2. The van der Waals surface area contributed by atoms with E-state index in [4.69, 9.17) is 9.84 Å². The summed E-state index contributed by atoms with van der Waals surface area (Å²) in [5.74, 6) is 0.236. The Bertz CT molecular complexity index is 1110. The lowest BCUT2D eigenvalue weighted by atomic mass is 9.75. The number of nitrogens with zero attached hydrogens (tertiary/aromatic N) is 5. The Labute approximate surface area is 175 Å². The minimum absolute atomic E-state index is 0.0657. The number of para-hydroxylation sites is 1. The number of ether oxygens (including phenoxy) is 1. The van der Waals surface area contributed by atoms with Crippen LogP contribution >= 0.6 is 0 Å². The van der Waals surface area contributed by atoms with E-state index >= 15 is 0 Å². The summed E-state index contributed by atoms with van der Waals surface area (Å²) < 4.78 is 7.51. The van der Waals surface area contributed by atoms with Gasteiger partial charge >= 0.3 is 0 Å². The van der Waals surface area contributed by atoms with Crippen molar-refractivity contribution in [1.29, 1.82) is 0 Å². The molecule has 2 fully saturated rings. The van der Waals surface area contributed by atoms with Gasteiger partial charge in [0.2, 0.25) is 5.91 Å². The van der Waals surface area contributed by atoms with E-state index in [1.165, 1.54) is 5.69 Å². The van der Waals surface area contributed by atoms with Crippen LogP contribution in [-0.2, 0) is 21.5 Å². The highest BCUT2D eigenvalue weighted by atomic mass is 16.5. The summed E-state index contributed by atoms with van der Waals surface area (Å²) in [4.78, 5) is 21.5. The minimum atomic E-state index is 0.0657. The maximum Gasteiger partial charge on any atom is 0.236 e. The monoisotopic (exact) mass is 403 g/mol. The standard InChI is InChI=1S/C23H25N5O2/c29-22(14-26-7-9-30-10-8-26)27-15-23(16-27)5-6-28-21(23)12-20(25-28)18-11-17-3-1-2-4-19(17)24-13-18/h1-4,11-13H,5-10,14-16H2. The molecule has 30 heavy (non-hydrogen) atoms. The summed E-state index contributed by atoms with van der Waals surface area (Å²) in [6, 6.07) is 12.5. The van der Waals surface area contributed by atoms with Crippen molar-refractivity contribution in [3.8, 4) is 11.3 Å². The molecule has 1 aromatic carbocycles. The molecule has 3 aliphatic rings. The molecule has 154 valence electrons. The van der Waals surface area contributed by atoms with Gasteiger partial charge in [0, 0.05) is 61.0 Å². The quantitative estimate of drug-likeness (QED) is 0.669. The van der Waals surface area contributed by atoms with Gasteiger partial charge in [-0.15, -0.1) is 0 Å². The predicted octanol–water partition coefficient (Wildman–Crippen LogP) is 1.91. The van der Waals surface area contributed by atoms with Crippen molar-refractivity contribution in [2.45, 2.75) is 18.4 Å². The molecular weight excluding hydrogens is 378 g/mol. The molecule has 2 saturated heterocycles. The van der Waals surface area contributed by atoms with Gasteiger partial charge < -0.3 is 9.64 Å². The number of hydrogen-bond acceptors (Lipinski definition) is 5. The number of pyridine rings is 1. The van der Waals surface area contributed by atoms with E-state index in [0.29, 0.717) is 6.54 Å². The third-order valence-corrected chi connectivity index (χ3v) is 6.81. The van der Waals surface area contributed by atoms with Crippen molar-refractivity contribution in [3.63, 3.8) is 0 Å². The molecule has 0 saturated carbocycles. The second-order valence-corrected chi connectivity index (χ2v) is 8.72. The van der Waals surface area contributed by atoms with E-state index in [9.17, 15) is 4.79 Å². The number of fused-ring (bicyclic) bond motifs is 3. The highest BCUT2D eigenvalue weighted by Crippen LogP contribution is 2.43. The second kappa shape index (κ2) is 6.89. The van der Waals surface area contributed by atoms with E-state index in [0.717, 1.165) is 74.5 Å². The zero-order chi connectivity index (χ0) is 20.1. The summed E-state index contributed by atoms with van der Waals surface area (Å²) in [6.07, 6.45) is 2.97. The van der Waals surface area contributed by atoms with E-state index in [1.54, 1.807) is 0 Å².